The summed E-state index contributed by atoms with van der Waals surface area (Å²) in [7, 11) is -3.48. The molecule has 8 nitrogen and oxygen atoms in total. The van der Waals surface area contributed by atoms with Crippen molar-refractivity contribution in [2.75, 3.05) is 13.1 Å². The second-order valence-corrected chi connectivity index (χ2v) is 8.77. The first kappa shape index (κ1) is 20.9. The summed E-state index contributed by atoms with van der Waals surface area (Å²) < 4.78 is 26.8. The number of nitrogens with zero attached hydrogens (tertiary/aromatic N) is 2. The fourth-order valence-corrected chi connectivity index (χ4v) is 4.58. The van der Waals surface area contributed by atoms with Gasteiger partial charge in [0.2, 0.25) is 10.0 Å². The third kappa shape index (κ3) is 5.61. The van der Waals surface area contributed by atoms with Gasteiger partial charge < -0.3 is 10.6 Å². The van der Waals surface area contributed by atoms with Crippen molar-refractivity contribution in [3.05, 3.63) is 59.9 Å². The zero-order valence-electron chi connectivity index (χ0n) is 16.0. The SMILES string of the molecule is O=C(NCc1ccc(S(=O)(=O)N2CCCCC2)cc1)C(=O)NCc1cccnc1. The number of amides is 2. The standard InChI is InChI=1S/C20H24N4O4S/c25-19(20(26)23-15-17-5-4-10-21-13-17)22-14-16-6-8-18(9-7-16)29(27,28)24-11-2-1-3-12-24/h4-10,13H,1-3,11-12,14-15H2,(H,22,25)(H,23,26). The van der Waals surface area contributed by atoms with E-state index in [-0.39, 0.29) is 18.0 Å². The van der Waals surface area contributed by atoms with Gasteiger partial charge in [0.05, 0.1) is 4.90 Å². The number of nitrogens with one attached hydrogen (secondary N) is 2. The number of pyridine rings is 1. The maximum atomic E-state index is 12.6. The van der Waals surface area contributed by atoms with Gasteiger partial charge in [0.1, 0.15) is 0 Å². The summed E-state index contributed by atoms with van der Waals surface area (Å²) in [6.45, 7) is 1.44. The van der Waals surface area contributed by atoms with Crippen LogP contribution in [0.1, 0.15) is 30.4 Å². The van der Waals surface area contributed by atoms with Gasteiger partial charge >= 0.3 is 11.8 Å². The van der Waals surface area contributed by atoms with Gasteiger partial charge in [0, 0.05) is 38.6 Å². The van der Waals surface area contributed by atoms with Crippen LogP contribution in [0.2, 0.25) is 0 Å². The Morgan fingerprint density at radius 3 is 2.10 bits per heavy atom. The molecule has 3 rings (SSSR count). The van der Waals surface area contributed by atoms with Gasteiger partial charge in [-0.15, -0.1) is 0 Å². The molecule has 2 heterocycles. The molecule has 0 atom stereocenters. The Morgan fingerprint density at radius 2 is 1.52 bits per heavy atom. The molecular formula is C20H24N4O4S. The predicted octanol–water partition coefficient (Wildman–Crippen LogP) is 1.19. The van der Waals surface area contributed by atoms with Crippen LogP contribution in [0.5, 0.6) is 0 Å². The molecule has 2 N–H and O–H groups in total. The Balaban J connectivity index is 1.50. The number of carbonyl (C=O) groups is 2. The number of hydrogen-bond acceptors (Lipinski definition) is 5. The maximum Gasteiger partial charge on any atom is 0.309 e. The summed E-state index contributed by atoms with van der Waals surface area (Å²) in [5, 5.41) is 5.05. The van der Waals surface area contributed by atoms with Crippen molar-refractivity contribution in [2.24, 2.45) is 0 Å². The van der Waals surface area contributed by atoms with E-state index in [4.69, 9.17) is 0 Å². The summed E-state index contributed by atoms with van der Waals surface area (Å²) in [6, 6.07) is 9.90. The zero-order valence-corrected chi connectivity index (χ0v) is 16.8. The van der Waals surface area contributed by atoms with Crippen LogP contribution in [0.3, 0.4) is 0 Å². The second-order valence-electron chi connectivity index (χ2n) is 6.84. The van der Waals surface area contributed by atoms with Crippen LogP contribution in [0.15, 0.2) is 53.7 Å². The van der Waals surface area contributed by atoms with Crippen molar-refractivity contribution >= 4 is 21.8 Å². The normalized spacial score (nSPS) is 14.9. The fourth-order valence-electron chi connectivity index (χ4n) is 3.06. The highest BCUT2D eigenvalue weighted by Gasteiger charge is 2.25. The number of benzene rings is 1. The third-order valence-electron chi connectivity index (χ3n) is 4.71. The average molecular weight is 417 g/mol. The highest BCUT2D eigenvalue weighted by Crippen LogP contribution is 2.20. The highest BCUT2D eigenvalue weighted by molar-refractivity contribution is 7.89. The van der Waals surface area contributed by atoms with Crippen LogP contribution in [-0.2, 0) is 32.7 Å². The minimum absolute atomic E-state index is 0.128. The van der Waals surface area contributed by atoms with Crippen LogP contribution < -0.4 is 10.6 Å². The van der Waals surface area contributed by atoms with E-state index >= 15 is 0 Å². The predicted molar refractivity (Wildman–Crippen MR) is 107 cm³/mol. The number of piperidine rings is 1. The molecule has 1 aliphatic rings. The van der Waals surface area contributed by atoms with Gasteiger partial charge in [0.15, 0.2) is 0 Å². The molecule has 154 valence electrons. The highest BCUT2D eigenvalue weighted by atomic mass is 32.2. The van der Waals surface area contributed by atoms with Crippen LogP contribution in [0, 0.1) is 0 Å². The Hall–Kier alpha value is -2.78. The fraction of sp³-hybridized carbons (Fsp3) is 0.350. The van der Waals surface area contributed by atoms with E-state index in [1.165, 1.54) is 16.4 Å². The second kappa shape index (κ2) is 9.62. The van der Waals surface area contributed by atoms with E-state index in [1.54, 1.807) is 36.7 Å². The molecule has 1 fully saturated rings. The van der Waals surface area contributed by atoms with Crippen LogP contribution in [0.25, 0.3) is 0 Å². The van der Waals surface area contributed by atoms with E-state index in [2.05, 4.69) is 15.6 Å². The number of hydrogen-bond donors (Lipinski definition) is 2. The molecular weight excluding hydrogens is 392 g/mol. The summed E-state index contributed by atoms with van der Waals surface area (Å²) in [6.07, 6.45) is 6.05. The Morgan fingerprint density at radius 1 is 0.897 bits per heavy atom. The molecule has 2 amide bonds. The first-order valence-corrected chi connectivity index (χ1v) is 10.9. The topological polar surface area (TPSA) is 108 Å². The van der Waals surface area contributed by atoms with Crippen molar-refractivity contribution in [1.29, 1.82) is 0 Å². The first-order valence-electron chi connectivity index (χ1n) is 9.51. The summed E-state index contributed by atoms with van der Waals surface area (Å²) in [4.78, 5) is 28.0. The minimum Gasteiger partial charge on any atom is -0.344 e. The summed E-state index contributed by atoms with van der Waals surface area (Å²) >= 11 is 0. The molecule has 9 heteroatoms. The zero-order chi connectivity index (χ0) is 20.7. The van der Waals surface area contributed by atoms with Crippen molar-refractivity contribution in [3.63, 3.8) is 0 Å². The molecule has 0 bridgehead atoms. The Kier molecular flexibility index (Phi) is 6.95. The Bertz CT molecular complexity index is 940. The summed E-state index contributed by atoms with van der Waals surface area (Å²) in [5.74, 6) is -1.49. The lowest BCUT2D eigenvalue weighted by Crippen LogP contribution is -2.39. The summed E-state index contributed by atoms with van der Waals surface area (Å²) in [5.41, 5.74) is 1.50. The van der Waals surface area contributed by atoms with Crippen LogP contribution in [0.4, 0.5) is 0 Å². The van der Waals surface area contributed by atoms with Crippen molar-refractivity contribution < 1.29 is 18.0 Å². The van der Waals surface area contributed by atoms with Crippen molar-refractivity contribution in [1.82, 2.24) is 19.9 Å². The van der Waals surface area contributed by atoms with Gasteiger partial charge in [-0.2, -0.15) is 4.31 Å². The molecule has 0 radical (unpaired) electrons. The Labute approximate surface area is 170 Å². The van der Waals surface area contributed by atoms with Gasteiger partial charge in [-0.1, -0.05) is 24.6 Å². The molecule has 0 unspecified atom stereocenters. The minimum atomic E-state index is -3.48. The lowest BCUT2D eigenvalue weighted by Gasteiger charge is -2.25. The number of sulfonamides is 1. The number of rotatable bonds is 6. The monoisotopic (exact) mass is 416 g/mol. The average Bonchev–Trinajstić information content (AvgIpc) is 2.77. The van der Waals surface area contributed by atoms with Gasteiger partial charge in [0.25, 0.3) is 0 Å². The molecule has 0 aliphatic carbocycles. The van der Waals surface area contributed by atoms with Gasteiger partial charge in [-0.3, -0.25) is 14.6 Å². The molecule has 1 aromatic heterocycles. The van der Waals surface area contributed by atoms with E-state index in [1.807, 2.05) is 0 Å². The van der Waals surface area contributed by atoms with Crippen LogP contribution in [-0.4, -0.2) is 42.6 Å². The molecule has 0 saturated carbocycles. The molecule has 1 aliphatic heterocycles. The quantitative estimate of drug-likeness (QED) is 0.688. The third-order valence-corrected chi connectivity index (χ3v) is 6.62. The van der Waals surface area contributed by atoms with E-state index in [0.717, 1.165) is 24.8 Å². The molecule has 1 saturated heterocycles. The number of aromatic nitrogens is 1. The first-order chi connectivity index (χ1) is 14.0. The van der Waals surface area contributed by atoms with Crippen molar-refractivity contribution in [2.45, 2.75) is 37.2 Å². The molecule has 0 spiro atoms. The number of carbonyl (C=O) groups excluding carboxylic acids is 2. The molecule has 29 heavy (non-hydrogen) atoms. The molecule has 1 aromatic carbocycles. The van der Waals surface area contributed by atoms with E-state index in [0.29, 0.717) is 18.7 Å². The van der Waals surface area contributed by atoms with Crippen LogP contribution >= 0.6 is 0 Å². The molecule has 2 aromatic rings. The van der Waals surface area contributed by atoms with Gasteiger partial charge in [-0.25, -0.2) is 8.42 Å². The maximum absolute atomic E-state index is 12.6. The van der Waals surface area contributed by atoms with E-state index in [9.17, 15) is 18.0 Å². The largest absolute Gasteiger partial charge is 0.344 e. The van der Waals surface area contributed by atoms with Crippen molar-refractivity contribution in [3.8, 4) is 0 Å². The van der Waals surface area contributed by atoms with E-state index < -0.39 is 21.8 Å². The lowest BCUT2D eigenvalue weighted by atomic mass is 10.2. The smallest absolute Gasteiger partial charge is 0.309 e. The lowest BCUT2D eigenvalue weighted by molar-refractivity contribution is -0.139. The van der Waals surface area contributed by atoms with Gasteiger partial charge in [-0.05, 0) is 42.2 Å².